The second-order valence-electron chi connectivity index (χ2n) is 5.23. The summed E-state index contributed by atoms with van der Waals surface area (Å²) in [5.41, 5.74) is 2.34. The molecule has 1 aliphatic rings. The standard InChI is InChI=1S/C18H15NO3/c1-12(2)11-22-14-9-7-13(8-10-14)19-17(20)15-5-3-4-6-16(15)18(19)21/h3-10H,1,11H2,2H3. The van der Waals surface area contributed by atoms with Gasteiger partial charge in [0.05, 0.1) is 16.8 Å². The number of carbonyl (C=O) groups is 2. The Labute approximate surface area is 128 Å². The number of imide groups is 1. The maximum Gasteiger partial charge on any atom is 0.266 e. The number of fused-ring (bicyclic) bond motifs is 1. The van der Waals surface area contributed by atoms with Crippen molar-refractivity contribution < 1.29 is 14.3 Å². The van der Waals surface area contributed by atoms with Crippen LogP contribution < -0.4 is 9.64 Å². The molecule has 0 N–H and O–H groups in total. The molecule has 22 heavy (non-hydrogen) atoms. The molecule has 0 bridgehead atoms. The van der Waals surface area contributed by atoms with E-state index in [1.807, 2.05) is 6.92 Å². The molecule has 4 nitrogen and oxygen atoms in total. The second kappa shape index (κ2) is 5.48. The average molecular weight is 293 g/mol. The van der Waals surface area contributed by atoms with Crippen molar-refractivity contribution in [1.82, 2.24) is 0 Å². The number of hydrogen-bond donors (Lipinski definition) is 0. The zero-order valence-electron chi connectivity index (χ0n) is 12.2. The molecule has 0 fully saturated rings. The van der Waals surface area contributed by atoms with Gasteiger partial charge in [-0.1, -0.05) is 18.7 Å². The highest BCUT2D eigenvalue weighted by atomic mass is 16.5. The number of nitrogens with zero attached hydrogens (tertiary/aromatic N) is 1. The van der Waals surface area contributed by atoms with E-state index in [9.17, 15) is 9.59 Å². The minimum absolute atomic E-state index is 0.295. The van der Waals surface area contributed by atoms with Crippen molar-refractivity contribution in [1.29, 1.82) is 0 Å². The number of benzene rings is 2. The molecule has 2 aromatic carbocycles. The van der Waals surface area contributed by atoms with Gasteiger partial charge in [0.1, 0.15) is 12.4 Å². The highest BCUT2D eigenvalue weighted by Crippen LogP contribution is 2.29. The van der Waals surface area contributed by atoms with Crippen LogP contribution in [0, 0.1) is 0 Å². The highest BCUT2D eigenvalue weighted by Gasteiger charge is 2.36. The maximum atomic E-state index is 12.4. The Kier molecular flexibility index (Phi) is 3.51. The Bertz CT molecular complexity index is 727. The molecule has 0 aliphatic carbocycles. The van der Waals surface area contributed by atoms with Gasteiger partial charge in [-0.15, -0.1) is 0 Å². The summed E-state index contributed by atoms with van der Waals surface area (Å²) in [6.45, 7) is 6.09. The fourth-order valence-electron chi connectivity index (χ4n) is 2.32. The van der Waals surface area contributed by atoms with E-state index in [-0.39, 0.29) is 11.8 Å². The van der Waals surface area contributed by atoms with Crippen molar-refractivity contribution in [3.05, 3.63) is 71.8 Å². The van der Waals surface area contributed by atoms with Crippen LogP contribution in [-0.4, -0.2) is 18.4 Å². The first-order chi connectivity index (χ1) is 10.6. The van der Waals surface area contributed by atoms with E-state index >= 15 is 0 Å². The molecule has 1 heterocycles. The average Bonchev–Trinajstić information content (AvgIpc) is 2.78. The molecular weight excluding hydrogens is 278 g/mol. The Morgan fingerprint density at radius 2 is 1.55 bits per heavy atom. The van der Waals surface area contributed by atoms with E-state index in [0.717, 1.165) is 5.57 Å². The van der Waals surface area contributed by atoms with Crippen LogP contribution in [0.5, 0.6) is 5.75 Å². The van der Waals surface area contributed by atoms with Crippen molar-refractivity contribution in [2.24, 2.45) is 0 Å². The van der Waals surface area contributed by atoms with E-state index in [4.69, 9.17) is 4.74 Å². The Morgan fingerprint density at radius 1 is 1.00 bits per heavy atom. The molecule has 0 saturated carbocycles. The SMILES string of the molecule is C=C(C)COc1ccc(N2C(=O)c3ccccc3C2=O)cc1. The molecule has 2 amide bonds. The van der Waals surface area contributed by atoms with Crippen molar-refractivity contribution in [3.63, 3.8) is 0 Å². The first kappa shape index (κ1) is 14.1. The molecule has 2 aromatic rings. The van der Waals surface area contributed by atoms with Crippen molar-refractivity contribution in [2.75, 3.05) is 11.5 Å². The monoisotopic (exact) mass is 293 g/mol. The molecular formula is C18H15NO3. The highest BCUT2D eigenvalue weighted by molar-refractivity contribution is 6.34. The summed E-state index contributed by atoms with van der Waals surface area (Å²) in [5.74, 6) is 0.0794. The van der Waals surface area contributed by atoms with Crippen LogP contribution in [0.3, 0.4) is 0 Å². The first-order valence-electron chi connectivity index (χ1n) is 6.93. The summed E-state index contributed by atoms with van der Waals surface area (Å²) in [5, 5.41) is 0. The van der Waals surface area contributed by atoms with E-state index in [1.165, 1.54) is 4.90 Å². The van der Waals surface area contributed by atoms with Crippen LogP contribution in [0.4, 0.5) is 5.69 Å². The summed E-state index contributed by atoms with van der Waals surface area (Å²) < 4.78 is 5.51. The van der Waals surface area contributed by atoms with Gasteiger partial charge in [-0.05, 0) is 48.9 Å². The van der Waals surface area contributed by atoms with Gasteiger partial charge < -0.3 is 4.74 Å². The molecule has 3 rings (SSSR count). The number of hydrogen-bond acceptors (Lipinski definition) is 3. The van der Waals surface area contributed by atoms with Crippen LogP contribution in [0.1, 0.15) is 27.6 Å². The summed E-state index contributed by atoms with van der Waals surface area (Å²) in [7, 11) is 0. The molecule has 0 unspecified atom stereocenters. The number of amides is 2. The summed E-state index contributed by atoms with van der Waals surface area (Å²) >= 11 is 0. The first-order valence-corrected chi connectivity index (χ1v) is 6.93. The fraction of sp³-hybridized carbons (Fsp3) is 0.111. The largest absolute Gasteiger partial charge is 0.489 e. The Balaban J connectivity index is 1.85. The minimum atomic E-state index is -0.295. The molecule has 0 saturated heterocycles. The summed E-state index contributed by atoms with van der Waals surface area (Å²) in [6, 6.07) is 13.7. The number of carbonyl (C=O) groups excluding carboxylic acids is 2. The molecule has 110 valence electrons. The molecule has 0 spiro atoms. The topological polar surface area (TPSA) is 46.6 Å². The van der Waals surface area contributed by atoms with Gasteiger partial charge >= 0.3 is 0 Å². The van der Waals surface area contributed by atoms with E-state index in [0.29, 0.717) is 29.2 Å². The summed E-state index contributed by atoms with van der Waals surface area (Å²) in [4.78, 5) is 25.9. The van der Waals surface area contributed by atoms with Gasteiger partial charge in [-0.3, -0.25) is 9.59 Å². The maximum absolute atomic E-state index is 12.4. The van der Waals surface area contributed by atoms with Gasteiger partial charge in [-0.25, -0.2) is 4.90 Å². The molecule has 4 heteroatoms. The zero-order valence-corrected chi connectivity index (χ0v) is 12.2. The number of ether oxygens (including phenoxy) is 1. The zero-order chi connectivity index (χ0) is 15.7. The molecule has 0 radical (unpaired) electrons. The normalized spacial score (nSPS) is 13.2. The van der Waals surface area contributed by atoms with E-state index in [1.54, 1.807) is 48.5 Å². The lowest BCUT2D eigenvalue weighted by Gasteiger charge is -2.14. The lowest BCUT2D eigenvalue weighted by molar-refractivity contribution is 0.0926. The molecule has 0 aromatic heterocycles. The predicted molar refractivity (Wildman–Crippen MR) is 84.3 cm³/mol. The van der Waals surface area contributed by atoms with Crippen LogP contribution >= 0.6 is 0 Å². The third kappa shape index (κ3) is 2.39. The molecule has 1 aliphatic heterocycles. The Morgan fingerprint density at radius 3 is 2.05 bits per heavy atom. The van der Waals surface area contributed by atoms with Crippen LogP contribution in [0.25, 0.3) is 0 Å². The number of rotatable bonds is 4. The van der Waals surface area contributed by atoms with Crippen LogP contribution in [0.2, 0.25) is 0 Å². The predicted octanol–water partition coefficient (Wildman–Crippen LogP) is 3.44. The third-order valence-corrected chi connectivity index (χ3v) is 3.37. The minimum Gasteiger partial charge on any atom is -0.489 e. The smallest absolute Gasteiger partial charge is 0.266 e. The Hall–Kier alpha value is -2.88. The van der Waals surface area contributed by atoms with E-state index in [2.05, 4.69) is 6.58 Å². The van der Waals surface area contributed by atoms with Crippen molar-refractivity contribution >= 4 is 17.5 Å². The van der Waals surface area contributed by atoms with Gasteiger partial charge in [0.2, 0.25) is 0 Å². The lowest BCUT2D eigenvalue weighted by atomic mass is 10.1. The lowest BCUT2D eigenvalue weighted by Crippen LogP contribution is -2.29. The van der Waals surface area contributed by atoms with Gasteiger partial charge in [0.25, 0.3) is 11.8 Å². The van der Waals surface area contributed by atoms with Crippen molar-refractivity contribution in [3.8, 4) is 5.75 Å². The van der Waals surface area contributed by atoms with Gasteiger partial charge in [0.15, 0.2) is 0 Å². The fourth-order valence-corrected chi connectivity index (χ4v) is 2.32. The van der Waals surface area contributed by atoms with E-state index < -0.39 is 0 Å². The molecule has 0 atom stereocenters. The van der Waals surface area contributed by atoms with Gasteiger partial charge in [0, 0.05) is 0 Å². The van der Waals surface area contributed by atoms with Crippen LogP contribution in [-0.2, 0) is 0 Å². The van der Waals surface area contributed by atoms with Crippen LogP contribution in [0.15, 0.2) is 60.7 Å². The van der Waals surface area contributed by atoms with Gasteiger partial charge in [-0.2, -0.15) is 0 Å². The summed E-state index contributed by atoms with van der Waals surface area (Å²) in [6.07, 6.45) is 0. The number of anilines is 1. The second-order valence-corrected chi connectivity index (χ2v) is 5.23. The quantitative estimate of drug-likeness (QED) is 0.641. The van der Waals surface area contributed by atoms with Crippen molar-refractivity contribution in [2.45, 2.75) is 6.92 Å². The third-order valence-electron chi connectivity index (χ3n) is 3.37.